The van der Waals surface area contributed by atoms with Gasteiger partial charge in [0.2, 0.25) is 0 Å². The van der Waals surface area contributed by atoms with Crippen LogP contribution in [0.15, 0.2) is 0 Å². The average molecular weight is 323 g/mol. The van der Waals surface area contributed by atoms with E-state index in [0.717, 1.165) is 39.0 Å². The molecule has 136 valence electrons. The molecule has 0 aromatic carbocycles. The van der Waals surface area contributed by atoms with Gasteiger partial charge in [0.15, 0.2) is 6.29 Å². The predicted octanol–water partition coefficient (Wildman–Crippen LogP) is -0.211. The van der Waals surface area contributed by atoms with E-state index in [4.69, 9.17) is 20.9 Å². The van der Waals surface area contributed by atoms with Crippen molar-refractivity contribution in [3.63, 3.8) is 0 Å². The summed E-state index contributed by atoms with van der Waals surface area (Å²) < 4.78 is 9.98. The molecule has 1 rings (SSSR count). The van der Waals surface area contributed by atoms with E-state index in [9.17, 15) is 10.2 Å². The van der Waals surface area contributed by atoms with Crippen LogP contribution >= 0.6 is 0 Å². The quantitative estimate of drug-likeness (QED) is 0.411. The maximum Gasteiger partial charge on any atom is 0.183 e. The molecule has 0 amide bonds. The number of ether oxygens (including phenoxy) is 2. The van der Waals surface area contributed by atoms with Crippen LogP contribution in [0.5, 0.6) is 0 Å². The van der Waals surface area contributed by atoms with Crippen molar-refractivity contribution < 1.29 is 19.7 Å². The number of hydrogen-bond acceptors (Lipinski definition) is 7. The molecule has 1 aliphatic rings. The minimum Gasteiger partial charge on any atom is -0.390 e. The van der Waals surface area contributed by atoms with Crippen molar-refractivity contribution in [1.82, 2.24) is 5.32 Å². The van der Waals surface area contributed by atoms with Crippen LogP contribution in [0.4, 0.5) is 0 Å². The lowest BCUT2D eigenvalue weighted by atomic mass is 10.0. The van der Waals surface area contributed by atoms with Crippen LogP contribution in [-0.2, 0) is 9.47 Å². The molecule has 22 heavy (non-hydrogen) atoms. The monoisotopic (exact) mass is 323 g/mol. The van der Waals surface area contributed by atoms with E-state index in [2.05, 4.69) is 5.32 Å². The summed E-state index contributed by atoms with van der Waals surface area (Å²) >= 11 is 0. The van der Waals surface area contributed by atoms with E-state index < -0.39 is 18.5 Å². The Balaban J connectivity index is 0. The zero-order valence-electron chi connectivity index (χ0n) is 14.6. The number of nitrogens with one attached hydrogen (secondary N) is 1. The SMILES string of the molecule is CC.COC1O[C@H](C)[C@@H](O)C[C@@H]1O.NCCCNCCCN. The predicted molar refractivity (Wildman–Crippen MR) is 89.5 cm³/mol. The van der Waals surface area contributed by atoms with Gasteiger partial charge in [-0.25, -0.2) is 0 Å². The molecule has 0 saturated carbocycles. The minimum atomic E-state index is -0.716. The number of aliphatic hydroxyl groups is 2. The van der Waals surface area contributed by atoms with Gasteiger partial charge in [0.1, 0.15) is 6.10 Å². The van der Waals surface area contributed by atoms with Crippen LogP contribution in [0.2, 0.25) is 0 Å². The topological polar surface area (TPSA) is 123 Å². The second kappa shape index (κ2) is 17.1. The van der Waals surface area contributed by atoms with Crippen molar-refractivity contribution in [3.05, 3.63) is 0 Å². The number of nitrogens with two attached hydrogens (primary N) is 2. The lowest BCUT2D eigenvalue weighted by molar-refractivity contribution is -0.251. The first-order valence-electron chi connectivity index (χ1n) is 8.22. The molecule has 0 bridgehead atoms. The van der Waals surface area contributed by atoms with Gasteiger partial charge in [-0.05, 0) is 45.9 Å². The van der Waals surface area contributed by atoms with E-state index in [1.54, 1.807) is 6.92 Å². The summed E-state index contributed by atoms with van der Waals surface area (Å²) in [5.41, 5.74) is 10.6. The molecule has 1 fully saturated rings. The Kier molecular flexibility index (Phi) is 18.6. The van der Waals surface area contributed by atoms with Gasteiger partial charge in [-0.3, -0.25) is 0 Å². The van der Waals surface area contributed by atoms with E-state index in [1.165, 1.54) is 7.11 Å². The highest BCUT2D eigenvalue weighted by Crippen LogP contribution is 2.19. The first-order valence-corrected chi connectivity index (χ1v) is 8.22. The van der Waals surface area contributed by atoms with Crippen LogP contribution in [0, 0.1) is 0 Å². The van der Waals surface area contributed by atoms with Crippen LogP contribution < -0.4 is 16.8 Å². The molecule has 0 aliphatic carbocycles. The van der Waals surface area contributed by atoms with E-state index in [-0.39, 0.29) is 6.10 Å². The maximum absolute atomic E-state index is 9.25. The summed E-state index contributed by atoms with van der Waals surface area (Å²) in [6, 6.07) is 0. The Hall–Kier alpha value is -0.280. The standard InChI is InChI=1S/C7H14O4.C6H17N3.C2H6/c1-4-5(8)3-6(9)7(10-2)11-4;7-3-1-5-9-6-2-4-8;1-2/h4-9H,3H2,1-2H3;9H,1-8H2;1-2H3/t4-,5+,6+,7?;;/m1../s1. The largest absolute Gasteiger partial charge is 0.390 e. The number of rotatable bonds is 7. The highest BCUT2D eigenvalue weighted by atomic mass is 16.7. The summed E-state index contributed by atoms with van der Waals surface area (Å²) in [6.45, 7) is 9.35. The minimum absolute atomic E-state index is 0.261. The van der Waals surface area contributed by atoms with Crippen molar-refractivity contribution in [2.24, 2.45) is 11.5 Å². The van der Waals surface area contributed by atoms with Gasteiger partial charge in [0.25, 0.3) is 0 Å². The second-order valence-corrected chi connectivity index (χ2v) is 4.85. The van der Waals surface area contributed by atoms with Crippen LogP contribution in [0.1, 0.15) is 40.0 Å². The van der Waals surface area contributed by atoms with Gasteiger partial charge in [-0.15, -0.1) is 0 Å². The smallest absolute Gasteiger partial charge is 0.183 e. The van der Waals surface area contributed by atoms with Crippen LogP contribution in [0.25, 0.3) is 0 Å². The zero-order valence-corrected chi connectivity index (χ0v) is 14.6. The molecule has 7 nitrogen and oxygen atoms in total. The van der Waals surface area contributed by atoms with Crippen molar-refractivity contribution in [3.8, 4) is 0 Å². The summed E-state index contributed by atoms with van der Waals surface area (Å²) in [5, 5.41) is 21.7. The summed E-state index contributed by atoms with van der Waals surface area (Å²) in [6.07, 6.45) is 0.286. The zero-order chi connectivity index (χ0) is 17.4. The molecule has 0 aromatic rings. The number of methoxy groups -OCH3 is 1. The highest BCUT2D eigenvalue weighted by molar-refractivity contribution is 4.77. The summed E-state index contributed by atoms with van der Waals surface area (Å²) in [5.74, 6) is 0. The van der Waals surface area contributed by atoms with Crippen molar-refractivity contribution in [1.29, 1.82) is 0 Å². The molecule has 0 radical (unpaired) electrons. The van der Waals surface area contributed by atoms with Crippen molar-refractivity contribution in [2.75, 3.05) is 33.3 Å². The number of hydrogen-bond donors (Lipinski definition) is 5. The molecule has 1 unspecified atom stereocenters. The Bertz CT molecular complexity index is 217. The molecule has 0 spiro atoms. The normalized spacial score (nSPS) is 27.3. The third-order valence-electron chi connectivity index (χ3n) is 3.04. The molecule has 1 saturated heterocycles. The van der Waals surface area contributed by atoms with Gasteiger partial charge < -0.3 is 36.5 Å². The molecule has 0 aromatic heterocycles. The Morgan fingerprint density at radius 1 is 1.09 bits per heavy atom. The lowest BCUT2D eigenvalue weighted by Gasteiger charge is -2.34. The van der Waals surface area contributed by atoms with Gasteiger partial charge in [-0.2, -0.15) is 0 Å². The van der Waals surface area contributed by atoms with E-state index >= 15 is 0 Å². The average Bonchev–Trinajstić information content (AvgIpc) is 2.53. The van der Waals surface area contributed by atoms with E-state index in [0.29, 0.717) is 6.42 Å². The van der Waals surface area contributed by atoms with Crippen molar-refractivity contribution >= 4 is 0 Å². The first-order chi connectivity index (χ1) is 10.6. The summed E-state index contributed by atoms with van der Waals surface area (Å²) in [4.78, 5) is 0. The maximum atomic E-state index is 9.25. The molecule has 1 aliphatic heterocycles. The van der Waals surface area contributed by atoms with Crippen molar-refractivity contribution in [2.45, 2.75) is 64.6 Å². The molecular weight excluding hydrogens is 286 g/mol. The second-order valence-electron chi connectivity index (χ2n) is 4.85. The number of aliphatic hydroxyl groups excluding tert-OH is 2. The van der Waals surface area contributed by atoms with Gasteiger partial charge in [0, 0.05) is 13.5 Å². The fourth-order valence-electron chi connectivity index (χ4n) is 1.73. The van der Waals surface area contributed by atoms with Gasteiger partial charge in [0.05, 0.1) is 12.2 Å². The first kappa shape index (κ1) is 24.0. The van der Waals surface area contributed by atoms with Gasteiger partial charge in [-0.1, -0.05) is 13.8 Å². The highest BCUT2D eigenvalue weighted by Gasteiger charge is 2.33. The summed E-state index contributed by atoms with van der Waals surface area (Å²) in [7, 11) is 1.47. The third kappa shape index (κ3) is 12.3. The molecule has 7 heteroatoms. The molecule has 7 N–H and O–H groups in total. The Morgan fingerprint density at radius 3 is 2.00 bits per heavy atom. The molecule has 4 atom stereocenters. The molecular formula is C15H37N3O4. The molecule has 1 heterocycles. The fraction of sp³-hybridized carbons (Fsp3) is 1.00. The van der Waals surface area contributed by atoms with Gasteiger partial charge >= 0.3 is 0 Å². The third-order valence-corrected chi connectivity index (χ3v) is 3.04. The van der Waals surface area contributed by atoms with Crippen LogP contribution in [-0.4, -0.2) is 68.1 Å². The Morgan fingerprint density at radius 2 is 1.59 bits per heavy atom. The van der Waals surface area contributed by atoms with E-state index in [1.807, 2.05) is 13.8 Å². The van der Waals surface area contributed by atoms with Crippen LogP contribution in [0.3, 0.4) is 0 Å². The lowest BCUT2D eigenvalue weighted by Crippen LogP contribution is -2.46. The fourth-order valence-corrected chi connectivity index (χ4v) is 1.73. The Labute approximate surface area is 135 Å².